The second kappa shape index (κ2) is 18.6. The second-order valence-corrected chi connectivity index (χ2v) is 9.57. The Balaban J connectivity index is 0.000000375. The van der Waals surface area contributed by atoms with Gasteiger partial charge in [-0.2, -0.15) is 0 Å². The quantitative estimate of drug-likeness (QED) is 0.336. The summed E-state index contributed by atoms with van der Waals surface area (Å²) in [7, 11) is 0. The third-order valence-electron chi connectivity index (χ3n) is 6.62. The van der Waals surface area contributed by atoms with Gasteiger partial charge >= 0.3 is 0 Å². The highest BCUT2D eigenvalue weighted by Crippen LogP contribution is 2.35. The van der Waals surface area contributed by atoms with Crippen molar-refractivity contribution in [3.8, 4) is 0 Å². The fourth-order valence-electron chi connectivity index (χ4n) is 4.33. The van der Waals surface area contributed by atoms with Crippen LogP contribution in [0.3, 0.4) is 0 Å². The summed E-state index contributed by atoms with van der Waals surface area (Å²) in [5.41, 5.74) is 6.45. The fourth-order valence-corrected chi connectivity index (χ4v) is 4.33. The highest BCUT2D eigenvalue weighted by atomic mass is 16.1. The minimum absolute atomic E-state index is 0.283. The first-order valence-corrected chi connectivity index (χ1v) is 14.3. The smallest absolute Gasteiger partial charge is 0.135 e. The van der Waals surface area contributed by atoms with Crippen LogP contribution in [0.2, 0.25) is 0 Å². The lowest BCUT2D eigenvalue weighted by atomic mass is 9.91. The number of carbonyl (C=O) groups excluding carboxylic acids is 1. The van der Waals surface area contributed by atoms with E-state index in [4.69, 9.17) is 0 Å². The molecule has 0 radical (unpaired) electrons. The molecule has 2 nitrogen and oxygen atoms in total. The molecule has 198 valence electrons. The Morgan fingerprint density at radius 1 is 0.889 bits per heavy atom. The summed E-state index contributed by atoms with van der Waals surface area (Å²) in [5, 5.41) is 3.62. The molecule has 2 aromatic rings. The SMILES string of the molecule is CC.CC1=C(c2ccccc2)C(c2ccccc2)=CCC(C)N1.CCCCCCCC(=O)C(C)CC. The van der Waals surface area contributed by atoms with E-state index in [-0.39, 0.29) is 5.92 Å². The number of hydrogen-bond donors (Lipinski definition) is 1. The molecule has 0 aromatic heterocycles. The van der Waals surface area contributed by atoms with Crippen LogP contribution in [-0.2, 0) is 4.79 Å². The Hall–Kier alpha value is -2.61. The maximum atomic E-state index is 11.4. The van der Waals surface area contributed by atoms with Gasteiger partial charge in [0.15, 0.2) is 0 Å². The van der Waals surface area contributed by atoms with Crippen LogP contribution in [0.4, 0.5) is 0 Å². The van der Waals surface area contributed by atoms with E-state index < -0.39 is 0 Å². The van der Waals surface area contributed by atoms with Crippen molar-refractivity contribution in [2.75, 3.05) is 0 Å². The van der Waals surface area contributed by atoms with E-state index in [1.807, 2.05) is 20.8 Å². The van der Waals surface area contributed by atoms with Crippen LogP contribution in [0.25, 0.3) is 11.1 Å². The summed E-state index contributed by atoms with van der Waals surface area (Å²) in [4.78, 5) is 11.4. The predicted molar refractivity (Wildman–Crippen MR) is 160 cm³/mol. The number of ketones is 1. The second-order valence-electron chi connectivity index (χ2n) is 9.57. The number of carbonyl (C=O) groups is 1. The normalized spacial score (nSPS) is 15.8. The van der Waals surface area contributed by atoms with Gasteiger partial charge in [0.05, 0.1) is 0 Å². The molecule has 2 aromatic carbocycles. The van der Waals surface area contributed by atoms with Crippen molar-refractivity contribution >= 4 is 16.9 Å². The molecule has 2 atom stereocenters. The first kappa shape index (κ1) is 31.4. The van der Waals surface area contributed by atoms with Crippen LogP contribution in [0.15, 0.2) is 72.4 Å². The van der Waals surface area contributed by atoms with Gasteiger partial charge in [-0.1, -0.05) is 127 Å². The standard InChI is InChI=1S/C20H21N.C12H24O.C2H6/c1-15-13-14-19(17-9-5-3-6-10-17)20(16(2)21-15)18-11-7-4-8-12-18;1-4-6-7-8-9-10-12(13)11(3)5-2;1-2/h3-12,14-15,21H,13H2,1-2H3;11H,4-10H2,1-3H3;1-2H3. The number of unbranched alkanes of at least 4 members (excludes halogenated alkanes) is 4. The summed E-state index contributed by atoms with van der Waals surface area (Å²) in [5.74, 6) is 0.741. The van der Waals surface area contributed by atoms with Crippen molar-refractivity contribution in [1.82, 2.24) is 5.32 Å². The largest absolute Gasteiger partial charge is 0.385 e. The molecular weight excluding hydrogens is 438 g/mol. The minimum atomic E-state index is 0.283. The van der Waals surface area contributed by atoms with E-state index in [2.05, 4.69) is 99.8 Å². The third kappa shape index (κ3) is 11.0. The highest BCUT2D eigenvalue weighted by Gasteiger charge is 2.18. The first-order valence-electron chi connectivity index (χ1n) is 14.3. The van der Waals surface area contributed by atoms with E-state index in [0.29, 0.717) is 11.8 Å². The van der Waals surface area contributed by atoms with E-state index in [1.165, 1.54) is 53.7 Å². The summed E-state index contributed by atoms with van der Waals surface area (Å²) in [6, 6.07) is 21.8. The predicted octanol–water partition coefficient (Wildman–Crippen LogP) is 9.87. The zero-order valence-corrected chi connectivity index (χ0v) is 24.1. The molecule has 0 saturated carbocycles. The van der Waals surface area contributed by atoms with Crippen LogP contribution >= 0.6 is 0 Å². The first-order chi connectivity index (χ1) is 17.5. The molecule has 1 aliphatic rings. The molecule has 0 fully saturated rings. The summed E-state index contributed by atoms with van der Waals surface area (Å²) >= 11 is 0. The van der Waals surface area contributed by atoms with Crippen molar-refractivity contribution in [3.05, 3.63) is 83.6 Å². The molecule has 3 rings (SSSR count). The van der Waals surface area contributed by atoms with E-state index >= 15 is 0 Å². The van der Waals surface area contributed by atoms with Crippen LogP contribution in [0.1, 0.15) is 111 Å². The summed E-state index contributed by atoms with van der Waals surface area (Å²) < 4.78 is 0. The lowest BCUT2D eigenvalue weighted by Crippen LogP contribution is -2.22. The molecule has 2 unspecified atom stereocenters. The van der Waals surface area contributed by atoms with Gasteiger partial charge in [0.2, 0.25) is 0 Å². The average molecular weight is 490 g/mol. The molecule has 0 bridgehead atoms. The van der Waals surface area contributed by atoms with Crippen LogP contribution in [0.5, 0.6) is 0 Å². The summed E-state index contributed by atoms with van der Waals surface area (Å²) in [6.07, 6.45) is 11.4. The van der Waals surface area contributed by atoms with Gasteiger partial charge in [-0.15, -0.1) is 0 Å². The van der Waals surface area contributed by atoms with Gasteiger partial charge in [0.1, 0.15) is 5.78 Å². The lowest BCUT2D eigenvalue weighted by molar-refractivity contribution is -0.122. The third-order valence-corrected chi connectivity index (χ3v) is 6.62. The van der Waals surface area contributed by atoms with E-state index in [1.54, 1.807) is 0 Å². The number of Topliss-reactive ketones (excluding diaryl/α,β-unsaturated/α-hetero) is 1. The number of rotatable bonds is 10. The number of benzene rings is 2. The van der Waals surface area contributed by atoms with E-state index in [0.717, 1.165) is 25.7 Å². The van der Waals surface area contributed by atoms with Gasteiger partial charge in [0, 0.05) is 29.7 Å². The zero-order chi connectivity index (χ0) is 26.8. The Morgan fingerprint density at radius 3 is 2.00 bits per heavy atom. The van der Waals surface area contributed by atoms with Crippen molar-refractivity contribution in [2.24, 2.45) is 5.92 Å². The van der Waals surface area contributed by atoms with Crippen molar-refractivity contribution in [1.29, 1.82) is 0 Å². The number of hydrogen-bond acceptors (Lipinski definition) is 2. The molecule has 0 aliphatic carbocycles. The van der Waals surface area contributed by atoms with Crippen molar-refractivity contribution in [2.45, 2.75) is 106 Å². The van der Waals surface area contributed by atoms with Gasteiger partial charge in [0.25, 0.3) is 0 Å². The minimum Gasteiger partial charge on any atom is -0.385 e. The molecule has 0 amide bonds. The Morgan fingerprint density at radius 2 is 1.44 bits per heavy atom. The highest BCUT2D eigenvalue weighted by molar-refractivity contribution is 6.06. The molecule has 0 saturated heterocycles. The van der Waals surface area contributed by atoms with Crippen LogP contribution in [0, 0.1) is 5.92 Å². The molecule has 0 spiro atoms. The molecule has 1 aliphatic heterocycles. The molecule has 1 N–H and O–H groups in total. The molecule has 2 heteroatoms. The topological polar surface area (TPSA) is 29.1 Å². The van der Waals surface area contributed by atoms with Crippen LogP contribution in [-0.4, -0.2) is 11.8 Å². The molecule has 1 heterocycles. The fraction of sp³-hybridized carbons (Fsp3) is 0.500. The number of nitrogens with one attached hydrogen (secondary N) is 1. The Kier molecular flexibility index (Phi) is 16.3. The molecular formula is C34H51NO. The van der Waals surface area contributed by atoms with Gasteiger partial charge in [-0.25, -0.2) is 0 Å². The van der Waals surface area contributed by atoms with Crippen LogP contribution < -0.4 is 5.32 Å². The average Bonchev–Trinajstić information content (AvgIpc) is 3.07. The van der Waals surface area contributed by atoms with Gasteiger partial charge < -0.3 is 5.32 Å². The zero-order valence-electron chi connectivity index (χ0n) is 24.1. The monoisotopic (exact) mass is 489 g/mol. The molecule has 36 heavy (non-hydrogen) atoms. The maximum Gasteiger partial charge on any atom is 0.135 e. The lowest BCUT2D eigenvalue weighted by Gasteiger charge is -2.17. The van der Waals surface area contributed by atoms with Crippen molar-refractivity contribution in [3.63, 3.8) is 0 Å². The van der Waals surface area contributed by atoms with E-state index in [9.17, 15) is 4.79 Å². The van der Waals surface area contributed by atoms with Gasteiger partial charge in [-0.05, 0) is 49.8 Å². The van der Waals surface area contributed by atoms with Gasteiger partial charge in [-0.3, -0.25) is 4.79 Å². The Bertz CT molecular complexity index is 911. The summed E-state index contributed by atoms with van der Waals surface area (Å²) in [6.45, 7) is 14.7. The maximum absolute atomic E-state index is 11.4. The van der Waals surface area contributed by atoms with Crippen molar-refractivity contribution < 1.29 is 4.79 Å². The number of allylic oxidation sites excluding steroid dienone is 3. The Labute approximate surface area is 222 Å².